The number of hydrogen-bond acceptors (Lipinski definition) is 2. The van der Waals surface area contributed by atoms with Crippen molar-refractivity contribution in [3.63, 3.8) is 0 Å². The molecule has 0 bridgehead atoms. The fraction of sp³-hybridized carbons (Fsp3) is 0.562. The van der Waals surface area contributed by atoms with E-state index in [-0.39, 0.29) is 6.03 Å². The van der Waals surface area contributed by atoms with Gasteiger partial charge in [0.15, 0.2) is 0 Å². The molecule has 1 aliphatic rings. The van der Waals surface area contributed by atoms with E-state index < -0.39 is 0 Å². The highest BCUT2D eigenvalue weighted by Gasteiger charge is 2.18. The highest BCUT2D eigenvalue weighted by Crippen LogP contribution is 2.13. The second kappa shape index (κ2) is 6.75. The van der Waals surface area contributed by atoms with Crippen LogP contribution in [0.25, 0.3) is 0 Å². The Morgan fingerprint density at radius 3 is 2.45 bits per heavy atom. The molecule has 0 spiro atoms. The summed E-state index contributed by atoms with van der Waals surface area (Å²) in [5, 5.41) is 6.05. The molecule has 0 radical (unpaired) electrons. The van der Waals surface area contributed by atoms with E-state index in [4.69, 9.17) is 0 Å². The monoisotopic (exact) mass is 275 g/mol. The van der Waals surface area contributed by atoms with Crippen LogP contribution in [0.15, 0.2) is 18.2 Å². The van der Waals surface area contributed by atoms with Crippen LogP contribution in [0, 0.1) is 13.8 Å². The van der Waals surface area contributed by atoms with Gasteiger partial charge in [-0.3, -0.25) is 0 Å². The number of likely N-dealkylation sites (tertiary alicyclic amines) is 1. The van der Waals surface area contributed by atoms with Crippen molar-refractivity contribution in [2.24, 2.45) is 0 Å². The lowest BCUT2D eigenvalue weighted by molar-refractivity contribution is 0.213. The Labute approximate surface area is 121 Å². The van der Waals surface area contributed by atoms with Crippen LogP contribution in [-0.4, -0.2) is 37.1 Å². The van der Waals surface area contributed by atoms with E-state index in [2.05, 4.69) is 48.6 Å². The SMILES string of the molecule is Cc1cccc(C)c1CNC(=O)NC1CCN(C)CC1. The summed E-state index contributed by atoms with van der Waals surface area (Å²) in [4.78, 5) is 14.3. The topological polar surface area (TPSA) is 44.4 Å². The molecule has 2 amide bonds. The Morgan fingerprint density at radius 2 is 1.85 bits per heavy atom. The average molecular weight is 275 g/mol. The van der Waals surface area contributed by atoms with Gasteiger partial charge in [0.2, 0.25) is 0 Å². The minimum absolute atomic E-state index is 0.0535. The molecule has 1 fully saturated rings. The van der Waals surface area contributed by atoms with Crippen molar-refractivity contribution in [2.45, 2.75) is 39.3 Å². The molecule has 1 aromatic rings. The Balaban J connectivity index is 1.80. The number of hydrogen-bond donors (Lipinski definition) is 2. The van der Waals surface area contributed by atoms with E-state index in [9.17, 15) is 4.79 Å². The van der Waals surface area contributed by atoms with Crippen LogP contribution in [0.1, 0.15) is 29.5 Å². The van der Waals surface area contributed by atoms with Gasteiger partial charge in [0.25, 0.3) is 0 Å². The highest BCUT2D eigenvalue weighted by atomic mass is 16.2. The zero-order valence-electron chi connectivity index (χ0n) is 12.7. The number of rotatable bonds is 3. The second-order valence-electron chi connectivity index (χ2n) is 5.77. The van der Waals surface area contributed by atoms with E-state index >= 15 is 0 Å². The molecule has 4 nitrogen and oxygen atoms in total. The van der Waals surface area contributed by atoms with Gasteiger partial charge in [-0.2, -0.15) is 0 Å². The smallest absolute Gasteiger partial charge is 0.315 e. The van der Waals surface area contributed by atoms with Crippen LogP contribution >= 0.6 is 0 Å². The summed E-state index contributed by atoms with van der Waals surface area (Å²) in [5.74, 6) is 0. The summed E-state index contributed by atoms with van der Waals surface area (Å²) < 4.78 is 0. The minimum atomic E-state index is -0.0535. The number of carbonyl (C=O) groups is 1. The van der Waals surface area contributed by atoms with Crippen LogP contribution in [0.4, 0.5) is 4.79 Å². The zero-order chi connectivity index (χ0) is 14.5. The van der Waals surface area contributed by atoms with Crippen LogP contribution in [0.3, 0.4) is 0 Å². The molecule has 1 heterocycles. The number of carbonyl (C=O) groups excluding carboxylic acids is 1. The van der Waals surface area contributed by atoms with Gasteiger partial charge in [0.05, 0.1) is 0 Å². The molecular formula is C16H25N3O. The third-order valence-electron chi connectivity index (χ3n) is 4.12. The molecule has 2 rings (SSSR count). The number of nitrogens with zero attached hydrogens (tertiary/aromatic N) is 1. The molecular weight excluding hydrogens is 250 g/mol. The third kappa shape index (κ3) is 3.97. The standard InChI is InChI=1S/C16H25N3O/c1-12-5-4-6-13(2)15(12)11-17-16(20)18-14-7-9-19(3)10-8-14/h4-6,14H,7-11H2,1-3H3,(H2,17,18,20). The van der Waals surface area contributed by atoms with E-state index in [1.165, 1.54) is 16.7 Å². The molecule has 20 heavy (non-hydrogen) atoms. The lowest BCUT2D eigenvalue weighted by Crippen LogP contribution is -2.47. The van der Waals surface area contributed by atoms with Crippen molar-refractivity contribution in [3.8, 4) is 0 Å². The van der Waals surface area contributed by atoms with Crippen LogP contribution in [0.2, 0.25) is 0 Å². The van der Waals surface area contributed by atoms with Crippen molar-refractivity contribution < 1.29 is 4.79 Å². The normalized spacial score (nSPS) is 16.9. The first kappa shape index (κ1) is 14.9. The molecule has 0 aromatic heterocycles. The molecule has 1 aliphatic heterocycles. The zero-order valence-corrected chi connectivity index (χ0v) is 12.7. The van der Waals surface area contributed by atoms with Crippen molar-refractivity contribution in [2.75, 3.05) is 20.1 Å². The van der Waals surface area contributed by atoms with Crippen LogP contribution in [0.5, 0.6) is 0 Å². The number of aryl methyl sites for hydroxylation is 2. The Kier molecular flexibility index (Phi) is 5.01. The predicted octanol–water partition coefficient (Wildman–Crippen LogP) is 2.20. The summed E-state index contributed by atoms with van der Waals surface area (Å²) in [6.07, 6.45) is 2.07. The number of amides is 2. The molecule has 0 unspecified atom stereocenters. The number of benzene rings is 1. The van der Waals surface area contributed by atoms with Crippen LogP contribution < -0.4 is 10.6 Å². The molecule has 0 saturated carbocycles. The van der Waals surface area contributed by atoms with Gasteiger partial charge in [-0.15, -0.1) is 0 Å². The predicted molar refractivity (Wildman–Crippen MR) is 81.8 cm³/mol. The maximum Gasteiger partial charge on any atom is 0.315 e. The summed E-state index contributed by atoms with van der Waals surface area (Å²) in [7, 11) is 2.12. The van der Waals surface area contributed by atoms with Crippen molar-refractivity contribution in [1.29, 1.82) is 0 Å². The van der Waals surface area contributed by atoms with Gasteiger partial charge >= 0.3 is 6.03 Å². The van der Waals surface area contributed by atoms with Gasteiger partial charge < -0.3 is 15.5 Å². The fourth-order valence-electron chi connectivity index (χ4n) is 2.69. The average Bonchev–Trinajstić information content (AvgIpc) is 2.41. The fourth-order valence-corrected chi connectivity index (χ4v) is 2.69. The molecule has 110 valence electrons. The second-order valence-corrected chi connectivity index (χ2v) is 5.77. The van der Waals surface area contributed by atoms with Crippen molar-refractivity contribution >= 4 is 6.03 Å². The maximum atomic E-state index is 12.0. The van der Waals surface area contributed by atoms with Crippen LogP contribution in [-0.2, 0) is 6.54 Å². The summed E-state index contributed by atoms with van der Waals surface area (Å²) >= 11 is 0. The number of urea groups is 1. The van der Waals surface area contributed by atoms with E-state index in [1.54, 1.807) is 0 Å². The van der Waals surface area contributed by atoms with Gasteiger partial charge in [0, 0.05) is 12.6 Å². The number of piperidine rings is 1. The highest BCUT2D eigenvalue weighted by molar-refractivity contribution is 5.74. The molecule has 1 aromatic carbocycles. The summed E-state index contributed by atoms with van der Waals surface area (Å²) in [6, 6.07) is 6.47. The first-order chi connectivity index (χ1) is 9.56. The van der Waals surface area contributed by atoms with E-state index in [0.717, 1.165) is 25.9 Å². The molecule has 1 saturated heterocycles. The van der Waals surface area contributed by atoms with E-state index in [1.807, 2.05) is 6.07 Å². The quantitative estimate of drug-likeness (QED) is 0.888. The Morgan fingerprint density at radius 1 is 1.25 bits per heavy atom. The molecule has 2 N–H and O–H groups in total. The third-order valence-corrected chi connectivity index (χ3v) is 4.12. The van der Waals surface area contributed by atoms with Gasteiger partial charge in [0.1, 0.15) is 0 Å². The molecule has 4 heteroatoms. The first-order valence-corrected chi connectivity index (χ1v) is 7.34. The van der Waals surface area contributed by atoms with Gasteiger partial charge in [-0.25, -0.2) is 4.79 Å². The van der Waals surface area contributed by atoms with Gasteiger partial charge in [-0.05, 0) is 63.5 Å². The molecule has 0 aliphatic carbocycles. The maximum absolute atomic E-state index is 12.0. The Bertz CT molecular complexity index is 445. The largest absolute Gasteiger partial charge is 0.335 e. The lowest BCUT2D eigenvalue weighted by Gasteiger charge is -2.29. The summed E-state index contributed by atoms with van der Waals surface area (Å²) in [6.45, 7) is 6.87. The van der Waals surface area contributed by atoms with Crippen molar-refractivity contribution in [1.82, 2.24) is 15.5 Å². The minimum Gasteiger partial charge on any atom is -0.335 e. The van der Waals surface area contributed by atoms with Gasteiger partial charge in [-0.1, -0.05) is 18.2 Å². The Hall–Kier alpha value is -1.55. The summed E-state index contributed by atoms with van der Waals surface area (Å²) in [5.41, 5.74) is 3.67. The van der Waals surface area contributed by atoms with Crippen molar-refractivity contribution in [3.05, 3.63) is 34.9 Å². The van der Waals surface area contributed by atoms with E-state index in [0.29, 0.717) is 12.6 Å². The first-order valence-electron chi connectivity index (χ1n) is 7.34. The number of nitrogens with one attached hydrogen (secondary N) is 2. The lowest BCUT2D eigenvalue weighted by atomic mass is 10.0. The molecule has 0 atom stereocenters.